The SMILES string of the molecule is COc1ccc(N(c2ccc(-c3ccccc3)cc2)c2ccc3c(c2)c2ccccc2c2c(-c4ccccc4)cc(-c4ccccc4)c(-c4ccccc4)c32)cc1. The van der Waals surface area contributed by atoms with Gasteiger partial charge in [-0.05, 0) is 131 Å². The van der Waals surface area contributed by atoms with Crippen molar-refractivity contribution in [3.8, 4) is 50.3 Å². The summed E-state index contributed by atoms with van der Waals surface area (Å²) < 4.78 is 5.58. The second kappa shape index (κ2) is 14.7. The number of rotatable bonds is 8. The first-order valence-electron chi connectivity index (χ1n) is 19.5. The molecule has 0 fully saturated rings. The monoisotopic (exact) mass is 729 g/mol. The van der Waals surface area contributed by atoms with E-state index >= 15 is 0 Å². The zero-order chi connectivity index (χ0) is 38.1. The fraction of sp³-hybridized carbons (Fsp3) is 0.0182. The molecular formula is C55H39NO. The maximum atomic E-state index is 5.58. The summed E-state index contributed by atoms with van der Waals surface area (Å²) in [5, 5.41) is 7.39. The topological polar surface area (TPSA) is 12.5 Å². The van der Waals surface area contributed by atoms with Gasteiger partial charge in [0.15, 0.2) is 0 Å². The van der Waals surface area contributed by atoms with Crippen molar-refractivity contribution in [1.82, 2.24) is 0 Å². The van der Waals surface area contributed by atoms with Crippen LogP contribution in [0.15, 0.2) is 218 Å². The number of anilines is 3. The van der Waals surface area contributed by atoms with Crippen LogP contribution in [-0.2, 0) is 0 Å². The molecule has 0 N–H and O–H groups in total. The second-order valence-corrected chi connectivity index (χ2v) is 14.4. The Kier molecular flexibility index (Phi) is 8.78. The first-order valence-corrected chi connectivity index (χ1v) is 19.5. The summed E-state index contributed by atoms with van der Waals surface area (Å²) in [5.41, 5.74) is 12.9. The van der Waals surface area contributed by atoms with Gasteiger partial charge in [-0.3, -0.25) is 0 Å². The summed E-state index contributed by atoms with van der Waals surface area (Å²) in [7, 11) is 1.71. The zero-order valence-electron chi connectivity index (χ0n) is 31.6. The van der Waals surface area contributed by atoms with Crippen molar-refractivity contribution in [2.24, 2.45) is 0 Å². The molecule has 0 aliphatic heterocycles. The van der Waals surface area contributed by atoms with Crippen LogP contribution in [0.3, 0.4) is 0 Å². The molecule has 0 radical (unpaired) electrons. The molecule has 0 saturated heterocycles. The van der Waals surface area contributed by atoms with Gasteiger partial charge in [-0.15, -0.1) is 0 Å². The van der Waals surface area contributed by atoms with E-state index in [4.69, 9.17) is 4.74 Å². The summed E-state index contributed by atoms with van der Waals surface area (Å²) in [6.45, 7) is 0. The molecule has 0 saturated carbocycles. The lowest BCUT2D eigenvalue weighted by molar-refractivity contribution is 0.415. The third-order valence-corrected chi connectivity index (χ3v) is 11.1. The van der Waals surface area contributed by atoms with E-state index in [0.717, 1.165) is 22.8 Å². The smallest absolute Gasteiger partial charge is 0.119 e. The molecule has 0 aliphatic rings. The molecule has 0 unspecified atom stereocenters. The number of hydrogen-bond acceptors (Lipinski definition) is 2. The Balaban J connectivity index is 1.30. The van der Waals surface area contributed by atoms with E-state index < -0.39 is 0 Å². The molecular weight excluding hydrogens is 691 g/mol. The van der Waals surface area contributed by atoms with Crippen molar-refractivity contribution < 1.29 is 4.74 Å². The van der Waals surface area contributed by atoms with Gasteiger partial charge in [-0.1, -0.05) is 164 Å². The normalized spacial score (nSPS) is 11.2. The van der Waals surface area contributed by atoms with Crippen molar-refractivity contribution in [2.45, 2.75) is 0 Å². The van der Waals surface area contributed by atoms with Crippen LogP contribution >= 0.6 is 0 Å². The highest BCUT2D eigenvalue weighted by Gasteiger charge is 2.23. The number of ether oxygens (including phenoxy) is 1. The fourth-order valence-electron chi connectivity index (χ4n) is 8.49. The molecule has 0 aliphatic carbocycles. The number of benzene rings is 10. The van der Waals surface area contributed by atoms with Crippen LogP contribution in [0.25, 0.3) is 76.8 Å². The molecule has 2 heteroatoms. The van der Waals surface area contributed by atoms with Gasteiger partial charge in [0.2, 0.25) is 0 Å². The minimum Gasteiger partial charge on any atom is -0.497 e. The molecule has 10 aromatic carbocycles. The lowest BCUT2D eigenvalue weighted by Crippen LogP contribution is -2.10. The van der Waals surface area contributed by atoms with Crippen molar-refractivity contribution >= 4 is 49.4 Å². The molecule has 0 amide bonds. The van der Waals surface area contributed by atoms with Crippen molar-refractivity contribution in [2.75, 3.05) is 12.0 Å². The van der Waals surface area contributed by atoms with Crippen LogP contribution in [0.2, 0.25) is 0 Å². The Morgan fingerprint density at radius 2 is 0.772 bits per heavy atom. The quantitative estimate of drug-likeness (QED) is 0.144. The van der Waals surface area contributed by atoms with Crippen LogP contribution in [-0.4, -0.2) is 7.11 Å². The van der Waals surface area contributed by atoms with E-state index in [1.54, 1.807) is 7.11 Å². The summed E-state index contributed by atoms with van der Waals surface area (Å²) in [6, 6.07) is 78.8. The van der Waals surface area contributed by atoms with E-state index in [9.17, 15) is 0 Å². The lowest BCUT2D eigenvalue weighted by Gasteiger charge is -2.27. The summed E-state index contributed by atoms with van der Waals surface area (Å²) in [4.78, 5) is 2.35. The maximum absolute atomic E-state index is 5.58. The zero-order valence-corrected chi connectivity index (χ0v) is 31.6. The molecule has 10 rings (SSSR count). The average molecular weight is 730 g/mol. The Bertz CT molecular complexity index is 3000. The Labute approximate surface area is 333 Å². The molecule has 10 aromatic rings. The minimum atomic E-state index is 0.825. The Morgan fingerprint density at radius 3 is 1.37 bits per heavy atom. The predicted molar refractivity (Wildman–Crippen MR) is 242 cm³/mol. The van der Waals surface area contributed by atoms with Gasteiger partial charge >= 0.3 is 0 Å². The van der Waals surface area contributed by atoms with Gasteiger partial charge < -0.3 is 9.64 Å². The van der Waals surface area contributed by atoms with Crippen molar-refractivity contribution in [3.05, 3.63) is 218 Å². The van der Waals surface area contributed by atoms with Gasteiger partial charge in [0, 0.05) is 17.1 Å². The predicted octanol–water partition coefficient (Wildman–Crippen LogP) is 15.3. The van der Waals surface area contributed by atoms with Crippen LogP contribution in [0.5, 0.6) is 5.75 Å². The first kappa shape index (κ1) is 34.1. The van der Waals surface area contributed by atoms with Crippen molar-refractivity contribution in [1.29, 1.82) is 0 Å². The molecule has 270 valence electrons. The van der Waals surface area contributed by atoms with Crippen LogP contribution in [0.4, 0.5) is 17.1 Å². The summed E-state index contributed by atoms with van der Waals surface area (Å²) in [5.74, 6) is 0.825. The number of fused-ring (bicyclic) bond motifs is 6. The van der Waals surface area contributed by atoms with Gasteiger partial charge in [-0.25, -0.2) is 0 Å². The first-order chi connectivity index (χ1) is 28.2. The highest BCUT2D eigenvalue weighted by Crippen LogP contribution is 2.50. The largest absolute Gasteiger partial charge is 0.497 e. The minimum absolute atomic E-state index is 0.825. The molecule has 2 nitrogen and oxygen atoms in total. The maximum Gasteiger partial charge on any atom is 0.119 e. The van der Waals surface area contributed by atoms with E-state index in [1.165, 1.54) is 76.8 Å². The summed E-state index contributed by atoms with van der Waals surface area (Å²) >= 11 is 0. The number of nitrogens with zero attached hydrogens (tertiary/aromatic N) is 1. The molecule has 0 spiro atoms. The third kappa shape index (κ3) is 6.18. The van der Waals surface area contributed by atoms with Crippen molar-refractivity contribution in [3.63, 3.8) is 0 Å². The van der Waals surface area contributed by atoms with Gasteiger partial charge in [0.25, 0.3) is 0 Å². The lowest BCUT2D eigenvalue weighted by atomic mass is 9.81. The van der Waals surface area contributed by atoms with Gasteiger partial charge in [-0.2, -0.15) is 0 Å². The van der Waals surface area contributed by atoms with E-state index in [2.05, 4.69) is 211 Å². The Morgan fingerprint density at radius 1 is 0.316 bits per heavy atom. The highest BCUT2D eigenvalue weighted by atomic mass is 16.5. The van der Waals surface area contributed by atoms with E-state index in [-0.39, 0.29) is 0 Å². The molecule has 0 atom stereocenters. The van der Waals surface area contributed by atoms with Crippen LogP contribution < -0.4 is 9.64 Å². The average Bonchev–Trinajstić information content (AvgIpc) is 3.30. The molecule has 0 aromatic heterocycles. The second-order valence-electron chi connectivity index (χ2n) is 14.4. The van der Waals surface area contributed by atoms with E-state index in [0.29, 0.717) is 0 Å². The van der Waals surface area contributed by atoms with Crippen LogP contribution in [0, 0.1) is 0 Å². The third-order valence-electron chi connectivity index (χ3n) is 11.1. The Hall–Kier alpha value is -7.42. The van der Waals surface area contributed by atoms with Gasteiger partial charge in [0.05, 0.1) is 7.11 Å². The van der Waals surface area contributed by atoms with E-state index in [1.807, 2.05) is 12.1 Å². The van der Waals surface area contributed by atoms with Gasteiger partial charge in [0.1, 0.15) is 5.75 Å². The molecule has 0 heterocycles. The molecule has 0 bridgehead atoms. The fourth-order valence-corrected chi connectivity index (χ4v) is 8.49. The standard InChI is InChI=1S/C55H39NO/c1-57-46-33-30-44(31-34-46)56(43-28-26-39(27-29-43)38-16-6-2-7-17-38)45-32-35-49-52(36-45)47-24-14-15-25-48(47)54-51(41-20-10-4-11-21-41)37-50(40-18-8-3-9-19-40)53(55(49)54)42-22-12-5-13-23-42/h2-37H,1H3. The highest BCUT2D eigenvalue weighted by molar-refractivity contribution is 6.33. The number of methoxy groups -OCH3 is 1. The van der Waals surface area contributed by atoms with Crippen LogP contribution in [0.1, 0.15) is 0 Å². The molecule has 57 heavy (non-hydrogen) atoms. The summed E-state index contributed by atoms with van der Waals surface area (Å²) in [6.07, 6.45) is 0. The number of hydrogen-bond donors (Lipinski definition) is 0.